The van der Waals surface area contributed by atoms with E-state index in [1.54, 1.807) is 0 Å². The summed E-state index contributed by atoms with van der Waals surface area (Å²) in [4.78, 5) is 16.5. The Hall–Kier alpha value is -1.55. The van der Waals surface area contributed by atoms with E-state index in [0.29, 0.717) is 6.42 Å². The molecule has 22 heavy (non-hydrogen) atoms. The summed E-state index contributed by atoms with van der Waals surface area (Å²) in [5.41, 5.74) is 1.23. The number of hydrogen-bond donors (Lipinski definition) is 0. The third-order valence-corrected chi connectivity index (χ3v) is 4.62. The number of aryl methyl sites for hydroxylation is 1. The van der Waals surface area contributed by atoms with Crippen LogP contribution >= 0.6 is 0 Å². The fourth-order valence-corrected chi connectivity index (χ4v) is 3.12. The van der Waals surface area contributed by atoms with Crippen LogP contribution in [-0.4, -0.2) is 54.5 Å². The fourth-order valence-electron chi connectivity index (χ4n) is 3.12. The van der Waals surface area contributed by atoms with E-state index in [1.807, 2.05) is 17.0 Å². The molecule has 1 amide bonds. The van der Waals surface area contributed by atoms with Gasteiger partial charge in [-0.2, -0.15) is 0 Å². The SMILES string of the molecule is Cc1ccc(OC2CN(C(=O)CCN3CCCCC3)C2)cc1. The Morgan fingerprint density at radius 1 is 1.14 bits per heavy atom. The lowest BCUT2D eigenvalue weighted by molar-refractivity contribution is -0.140. The molecule has 0 unspecified atom stereocenters. The lowest BCUT2D eigenvalue weighted by atomic mass is 10.1. The normalized spacial score (nSPS) is 19.8. The molecule has 0 aliphatic carbocycles. The van der Waals surface area contributed by atoms with Gasteiger partial charge in [-0.05, 0) is 45.0 Å². The largest absolute Gasteiger partial charge is 0.487 e. The molecule has 2 fully saturated rings. The number of nitrogens with zero attached hydrogens (tertiary/aromatic N) is 2. The molecule has 1 aromatic carbocycles. The maximum absolute atomic E-state index is 12.2. The Bertz CT molecular complexity index is 488. The van der Waals surface area contributed by atoms with Gasteiger partial charge in [-0.25, -0.2) is 0 Å². The van der Waals surface area contributed by atoms with Gasteiger partial charge in [0.25, 0.3) is 0 Å². The molecule has 0 N–H and O–H groups in total. The number of likely N-dealkylation sites (tertiary alicyclic amines) is 2. The molecule has 2 saturated heterocycles. The Morgan fingerprint density at radius 3 is 2.50 bits per heavy atom. The van der Waals surface area contributed by atoms with Crippen LogP contribution < -0.4 is 4.74 Å². The number of benzene rings is 1. The Balaban J connectivity index is 1.35. The van der Waals surface area contributed by atoms with Gasteiger partial charge in [-0.1, -0.05) is 24.1 Å². The first-order chi connectivity index (χ1) is 10.7. The molecule has 0 atom stereocenters. The summed E-state index contributed by atoms with van der Waals surface area (Å²) in [5.74, 6) is 1.17. The molecular formula is C18H26N2O2. The molecule has 2 aliphatic rings. The molecule has 0 saturated carbocycles. The van der Waals surface area contributed by atoms with E-state index in [4.69, 9.17) is 4.74 Å². The van der Waals surface area contributed by atoms with Crippen molar-refractivity contribution in [1.29, 1.82) is 0 Å². The number of carbonyl (C=O) groups excluding carboxylic acids is 1. The lowest BCUT2D eigenvalue weighted by Gasteiger charge is -2.39. The molecule has 2 aliphatic heterocycles. The molecular weight excluding hydrogens is 276 g/mol. The number of hydrogen-bond acceptors (Lipinski definition) is 3. The zero-order valence-corrected chi connectivity index (χ0v) is 13.5. The molecule has 3 rings (SSSR count). The van der Waals surface area contributed by atoms with Crippen molar-refractivity contribution in [3.63, 3.8) is 0 Å². The summed E-state index contributed by atoms with van der Waals surface area (Å²) in [7, 11) is 0. The second kappa shape index (κ2) is 7.14. The smallest absolute Gasteiger partial charge is 0.224 e. The van der Waals surface area contributed by atoms with Gasteiger partial charge in [0.05, 0.1) is 13.1 Å². The standard InChI is InChI=1S/C18H26N2O2/c1-15-5-7-16(8-6-15)22-17-13-20(14-17)18(21)9-12-19-10-3-2-4-11-19/h5-8,17H,2-4,9-14H2,1H3. The molecule has 2 heterocycles. The van der Waals surface area contributed by atoms with Gasteiger partial charge in [0, 0.05) is 13.0 Å². The second-order valence-corrected chi connectivity index (χ2v) is 6.50. The molecule has 0 aromatic heterocycles. The minimum absolute atomic E-state index is 0.154. The van der Waals surface area contributed by atoms with E-state index in [0.717, 1.165) is 38.5 Å². The van der Waals surface area contributed by atoms with E-state index >= 15 is 0 Å². The molecule has 0 spiro atoms. The van der Waals surface area contributed by atoms with Gasteiger partial charge < -0.3 is 14.5 Å². The van der Waals surface area contributed by atoms with Crippen LogP contribution in [0.15, 0.2) is 24.3 Å². The molecule has 120 valence electrons. The third-order valence-electron chi connectivity index (χ3n) is 4.62. The zero-order chi connectivity index (χ0) is 15.4. The Kier molecular flexibility index (Phi) is 4.98. The number of piperidine rings is 1. The first-order valence-corrected chi connectivity index (χ1v) is 8.44. The Morgan fingerprint density at radius 2 is 1.82 bits per heavy atom. The fraction of sp³-hybridized carbons (Fsp3) is 0.611. The maximum Gasteiger partial charge on any atom is 0.224 e. The van der Waals surface area contributed by atoms with E-state index in [2.05, 4.69) is 24.0 Å². The van der Waals surface area contributed by atoms with Crippen molar-refractivity contribution in [2.45, 2.75) is 38.7 Å². The highest BCUT2D eigenvalue weighted by Gasteiger charge is 2.32. The van der Waals surface area contributed by atoms with E-state index in [9.17, 15) is 4.79 Å². The topological polar surface area (TPSA) is 32.8 Å². The van der Waals surface area contributed by atoms with Crippen LogP contribution in [0.4, 0.5) is 0 Å². The van der Waals surface area contributed by atoms with E-state index < -0.39 is 0 Å². The monoisotopic (exact) mass is 302 g/mol. The van der Waals surface area contributed by atoms with Gasteiger partial charge >= 0.3 is 0 Å². The van der Waals surface area contributed by atoms with Crippen LogP contribution in [0.3, 0.4) is 0 Å². The number of amides is 1. The quantitative estimate of drug-likeness (QED) is 0.837. The predicted molar refractivity (Wildman–Crippen MR) is 87.1 cm³/mol. The van der Waals surface area contributed by atoms with Gasteiger partial charge in [-0.3, -0.25) is 4.79 Å². The van der Waals surface area contributed by atoms with Crippen LogP contribution in [0.25, 0.3) is 0 Å². The van der Waals surface area contributed by atoms with Crippen molar-refractivity contribution in [2.75, 3.05) is 32.7 Å². The molecule has 0 radical (unpaired) electrons. The van der Waals surface area contributed by atoms with Crippen LogP contribution in [0, 0.1) is 6.92 Å². The maximum atomic E-state index is 12.2. The average Bonchev–Trinajstić information content (AvgIpc) is 2.51. The van der Waals surface area contributed by atoms with Crippen molar-refractivity contribution in [3.8, 4) is 5.75 Å². The minimum atomic E-state index is 0.154. The summed E-state index contributed by atoms with van der Waals surface area (Å²) in [6.45, 7) is 6.76. The van der Waals surface area contributed by atoms with Crippen molar-refractivity contribution in [3.05, 3.63) is 29.8 Å². The zero-order valence-electron chi connectivity index (χ0n) is 13.5. The van der Waals surface area contributed by atoms with Gasteiger partial charge in [0.15, 0.2) is 0 Å². The van der Waals surface area contributed by atoms with Gasteiger partial charge in [-0.15, -0.1) is 0 Å². The van der Waals surface area contributed by atoms with E-state index in [-0.39, 0.29) is 12.0 Å². The van der Waals surface area contributed by atoms with Crippen LogP contribution in [-0.2, 0) is 4.79 Å². The third kappa shape index (κ3) is 4.01. The minimum Gasteiger partial charge on any atom is -0.487 e. The van der Waals surface area contributed by atoms with Crippen LogP contribution in [0.5, 0.6) is 5.75 Å². The summed E-state index contributed by atoms with van der Waals surface area (Å²) >= 11 is 0. The first kappa shape index (κ1) is 15.3. The first-order valence-electron chi connectivity index (χ1n) is 8.44. The van der Waals surface area contributed by atoms with Crippen LogP contribution in [0.2, 0.25) is 0 Å². The number of rotatable bonds is 5. The van der Waals surface area contributed by atoms with Crippen molar-refractivity contribution < 1.29 is 9.53 Å². The summed E-state index contributed by atoms with van der Waals surface area (Å²) in [6, 6.07) is 8.09. The van der Waals surface area contributed by atoms with Crippen molar-refractivity contribution in [1.82, 2.24) is 9.80 Å². The van der Waals surface area contributed by atoms with Crippen LogP contribution in [0.1, 0.15) is 31.2 Å². The summed E-state index contributed by atoms with van der Waals surface area (Å²) in [5, 5.41) is 0. The Labute approximate surface area is 133 Å². The second-order valence-electron chi connectivity index (χ2n) is 6.50. The highest BCUT2D eigenvalue weighted by molar-refractivity contribution is 5.77. The predicted octanol–water partition coefficient (Wildman–Crippen LogP) is 2.46. The molecule has 1 aromatic rings. The van der Waals surface area contributed by atoms with Crippen molar-refractivity contribution in [2.24, 2.45) is 0 Å². The number of ether oxygens (including phenoxy) is 1. The highest BCUT2D eigenvalue weighted by Crippen LogP contribution is 2.19. The lowest BCUT2D eigenvalue weighted by Crippen LogP contribution is -2.56. The van der Waals surface area contributed by atoms with E-state index in [1.165, 1.54) is 24.8 Å². The molecule has 4 nitrogen and oxygen atoms in total. The average molecular weight is 302 g/mol. The summed E-state index contributed by atoms with van der Waals surface area (Å²) < 4.78 is 5.88. The summed E-state index contributed by atoms with van der Waals surface area (Å²) in [6.07, 6.45) is 4.71. The van der Waals surface area contributed by atoms with Gasteiger partial charge in [0.1, 0.15) is 11.9 Å². The number of carbonyl (C=O) groups is 1. The van der Waals surface area contributed by atoms with Crippen molar-refractivity contribution >= 4 is 5.91 Å². The highest BCUT2D eigenvalue weighted by atomic mass is 16.5. The molecule has 0 bridgehead atoms. The molecule has 4 heteroatoms. The van der Waals surface area contributed by atoms with Gasteiger partial charge in [0.2, 0.25) is 5.91 Å².